The van der Waals surface area contributed by atoms with E-state index >= 15 is 0 Å². The van der Waals surface area contributed by atoms with Crippen LogP contribution in [0.5, 0.6) is 0 Å². The summed E-state index contributed by atoms with van der Waals surface area (Å²) in [5.41, 5.74) is 0. The van der Waals surface area contributed by atoms with Gasteiger partial charge in [0.1, 0.15) is 6.29 Å². The van der Waals surface area contributed by atoms with Crippen molar-refractivity contribution in [3.63, 3.8) is 0 Å². The summed E-state index contributed by atoms with van der Waals surface area (Å²) in [6, 6.07) is 0. The van der Waals surface area contributed by atoms with E-state index in [2.05, 4.69) is 6.58 Å². The van der Waals surface area contributed by atoms with Crippen molar-refractivity contribution in [1.29, 1.82) is 0 Å². The van der Waals surface area contributed by atoms with Gasteiger partial charge in [-0.3, -0.25) is 0 Å². The van der Waals surface area contributed by atoms with E-state index in [0.29, 0.717) is 12.8 Å². The lowest BCUT2D eigenvalue weighted by Crippen LogP contribution is -2.05. The fourth-order valence-corrected chi connectivity index (χ4v) is 0.903. The topological polar surface area (TPSA) is 37.3 Å². The highest BCUT2D eigenvalue weighted by molar-refractivity contribution is 5.49. The molecule has 0 aromatic rings. The van der Waals surface area contributed by atoms with E-state index < -0.39 is 0 Å². The molecular formula is C9H16O2. The Morgan fingerprint density at radius 3 is 2.64 bits per heavy atom. The van der Waals surface area contributed by atoms with Gasteiger partial charge in [-0.1, -0.05) is 6.08 Å². The summed E-state index contributed by atoms with van der Waals surface area (Å²) in [5.74, 6) is 0. The molecule has 0 amide bonds. The van der Waals surface area contributed by atoms with Crippen LogP contribution in [-0.4, -0.2) is 17.5 Å². The fourth-order valence-electron chi connectivity index (χ4n) is 0.903. The molecule has 11 heavy (non-hydrogen) atoms. The second-order valence-electron chi connectivity index (χ2n) is 2.62. The van der Waals surface area contributed by atoms with Crippen LogP contribution in [0, 0.1) is 0 Å². The molecule has 0 aromatic carbocycles. The summed E-state index contributed by atoms with van der Waals surface area (Å²) in [5, 5.41) is 9.21. The summed E-state index contributed by atoms with van der Waals surface area (Å²) in [7, 11) is 0. The van der Waals surface area contributed by atoms with Crippen LogP contribution in [0.1, 0.15) is 32.1 Å². The van der Waals surface area contributed by atoms with Gasteiger partial charge in [-0.15, -0.1) is 6.58 Å². The Morgan fingerprint density at radius 1 is 1.36 bits per heavy atom. The summed E-state index contributed by atoms with van der Waals surface area (Å²) < 4.78 is 0. The van der Waals surface area contributed by atoms with Crippen LogP contribution in [0.3, 0.4) is 0 Å². The molecule has 2 heteroatoms. The van der Waals surface area contributed by atoms with Crippen molar-refractivity contribution in [2.24, 2.45) is 0 Å². The maximum Gasteiger partial charge on any atom is 0.120 e. The van der Waals surface area contributed by atoms with Crippen molar-refractivity contribution in [2.75, 3.05) is 0 Å². The van der Waals surface area contributed by atoms with Gasteiger partial charge in [0.05, 0.1) is 6.10 Å². The van der Waals surface area contributed by atoms with E-state index in [9.17, 15) is 9.90 Å². The fraction of sp³-hybridized carbons (Fsp3) is 0.667. The molecule has 0 saturated heterocycles. The van der Waals surface area contributed by atoms with Crippen molar-refractivity contribution in [1.82, 2.24) is 0 Å². The van der Waals surface area contributed by atoms with Crippen LogP contribution in [0.15, 0.2) is 12.7 Å². The van der Waals surface area contributed by atoms with Crippen LogP contribution in [0.25, 0.3) is 0 Å². The molecule has 0 heterocycles. The molecule has 1 unspecified atom stereocenters. The van der Waals surface area contributed by atoms with E-state index in [0.717, 1.165) is 25.5 Å². The highest BCUT2D eigenvalue weighted by atomic mass is 16.3. The monoisotopic (exact) mass is 156 g/mol. The van der Waals surface area contributed by atoms with Gasteiger partial charge in [-0.25, -0.2) is 0 Å². The number of allylic oxidation sites excluding steroid dienone is 1. The molecule has 0 aliphatic carbocycles. The zero-order chi connectivity index (χ0) is 8.53. The largest absolute Gasteiger partial charge is 0.393 e. The second kappa shape index (κ2) is 7.48. The molecule has 0 spiro atoms. The van der Waals surface area contributed by atoms with Crippen LogP contribution in [0.2, 0.25) is 0 Å². The van der Waals surface area contributed by atoms with Crippen molar-refractivity contribution in [3.05, 3.63) is 12.7 Å². The molecule has 64 valence electrons. The summed E-state index contributed by atoms with van der Waals surface area (Å²) in [6.07, 6.45) is 6.13. The lowest BCUT2D eigenvalue weighted by molar-refractivity contribution is -0.108. The third-order valence-corrected chi connectivity index (χ3v) is 1.56. The minimum absolute atomic E-state index is 0.305. The molecule has 0 bridgehead atoms. The predicted octanol–water partition coefficient (Wildman–Crippen LogP) is 1.68. The van der Waals surface area contributed by atoms with Gasteiger partial charge < -0.3 is 9.90 Å². The second-order valence-corrected chi connectivity index (χ2v) is 2.62. The SMILES string of the molecule is C=CCCCC(O)CCC=O. The van der Waals surface area contributed by atoms with Crippen molar-refractivity contribution < 1.29 is 9.90 Å². The van der Waals surface area contributed by atoms with Gasteiger partial charge in [-0.05, 0) is 25.7 Å². The van der Waals surface area contributed by atoms with E-state index in [4.69, 9.17) is 0 Å². The Kier molecular flexibility index (Phi) is 7.05. The van der Waals surface area contributed by atoms with E-state index in [1.54, 1.807) is 0 Å². The third kappa shape index (κ3) is 7.26. The maximum atomic E-state index is 9.91. The van der Waals surface area contributed by atoms with Gasteiger partial charge in [0.2, 0.25) is 0 Å². The van der Waals surface area contributed by atoms with Crippen LogP contribution >= 0.6 is 0 Å². The molecule has 0 aliphatic heterocycles. The Balaban J connectivity index is 3.14. The van der Waals surface area contributed by atoms with Gasteiger partial charge in [-0.2, -0.15) is 0 Å². The van der Waals surface area contributed by atoms with Gasteiger partial charge in [0.25, 0.3) is 0 Å². The molecule has 0 radical (unpaired) electrons. The van der Waals surface area contributed by atoms with Crippen LogP contribution in [-0.2, 0) is 4.79 Å². The van der Waals surface area contributed by atoms with Crippen molar-refractivity contribution >= 4 is 6.29 Å². The molecule has 0 aromatic heterocycles. The number of aliphatic hydroxyl groups excluding tert-OH is 1. The lowest BCUT2D eigenvalue weighted by atomic mass is 10.1. The van der Waals surface area contributed by atoms with E-state index in [1.807, 2.05) is 6.08 Å². The van der Waals surface area contributed by atoms with Crippen molar-refractivity contribution in [2.45, 2.75) is 38.2 Å². The number of aldehydes is 1. The summed E-state index contributed by atoms with van der Waals surface area (Å²) >= 11 is 0. The standard InChI is InChI=1S/C9H16O2/c1-2-3-4-6-9(11)7-5-8-10/h2,8-9,11H,1,3-7H2. The molecule has 0 rings (SSSR count). The number of unbranched alkanes of at least 4 members (excludes halogenated alkanes) is 1. The Bertz CT molecular complexity index is 110. The lowest BCUT2D eigenvalue weighted by Gasteiger charge is -2.06. The molecule has 2 nitrogen and oxygen atoms in total. The number of hydrogen-bond acceptors (Lipinski definition) is 2. The Hall–Kier alpha value is -0.630. The Morgan fingerprint density at radius 2 is 2.09 bits per heavy atom. The molecular weight excluding hydrogens is 140 g/mol. The first kappa shape index (κ1) is 10.4. The zero-order valence-corrected chi connectivity index (χ0v) is 6.83. The van der Waals surface area contributed by atoms with Gasteiger partial charge in [0, 0.05) is 6.42 Å². The third-order valence-electron chi connectivity index (χ3n) is 1.56. The highest BCUT2D eigenvalue weighted by Crippen LogP contribution is 2.05. The number of hydrogen-bond donors (Lipinski definition) is 1. The summed E-state index contributed by atoms with van der Waals surface area (Å²) in [6.45, 7) is 3.58. The molecule has 1 atom stereocenters. The predicted molar refractivity (Wildman–Crippen MR) is 45.4 cm³/mol. The summed E-state index contributed by atoms with van der Waals surface area (Å²) in [4.78, 5) is 9.91. The van der Waals surface area contributed by atoms with E-state index in [1.165, 1.54) is 0 Å². The van der Waals surface area contributed by atoms with Crippen molar-refractivity contribution in [3.8, 4) is 0 Å². The molecule has 1 N–H and O–H groups in total. The van der Waals surface area contributed by atoms with Gasteiger partial charge >= 0.3 is 0 Å². The molecule has 0 aliphatic rings. The number of aliphatic hydroxyl groups is 1. The van der Waals surface area contributed by atoms with Crippen LogP contribution < -0.4 is 0 Å². The first-order valence-corrected chi connectivity index (χ1v) is 4.04. The normalized spacial score (nSPS) is 12.5. The quantitative estimate of drug-likeness (QED) is 0.346. The maximum absolute atomic E-state index is 9.91. The Labute approximate surface area is 67.9 Å². The average molecular weight is 156 g/mol. The van der Waals surface area contributed by atoms with E-state index in [-0.39, 0.29) is 6.10 Å². The highest BCUT2D eigenvalue weighted by Gasteiger charge is 2.01. The first-order chi connectivity index (χ1) is 5.31. The van der Waals surface area contributed by atoms with Gasteiger partial charge in [0.15, 0.2) is 0 Å². The smallest absolute Gasteiger partial charge is 0.120 e. The number of carbonyl (C=O) groups excluding carboxylic acids is 1. The average Bonchev–Trinajstić information content (AvgIpc) is 2.01. The van der Waals surface area contributed by atoms with Crippen LogP contribution in [0.4, 0.5) is 0 Å². The molecule has 0 fully saturated rings. The minimum atomic E-state index is -0.305. The zero-order valence-electron chi connectivity index (χ0n) is 6.83. The molecule has 0 saturated carbocycles. The first-order valence-electron chi connectivity index (χ1n) is 4.04. The number of carbonyl (C=O) groups is 1. The number of rotatable bonds is 7. The minimum Gasteiger partial charge on any atom is -0.393 e.